The largest absolute Gasteiger partial charge is 0.472 e. The highest BCUT2D eigenvalue weighted by atomic mass is 32.2. The second-order valence-corrected chi connectivity index (χ2v) is 14.0. The number of nitrogens with one attached hydrogen (secondary N) is 1. The molecule has 4 aromatic rings. The van der Waals surface area contributed by atoms with Crippen molar-refractivity contribution >= 4 is 51.8 Å². The van der Waals surface area contributed by atoms with Gasteiger partial charge in [0.05, 0.1) is 25.9 Å². The van der Waals surface area contributed by atoms with Crippen LogP contribution in [0, 0.1) is 0 Å². The fourth-order valence-electron chi connectivity index (χ4n) is 6.09. The molecule has 4 aliphatic heterocycles. The number of rotatable bonds is 2. The molecule has 0 bridgehead atoms. The minimum absolute atomic E-state index is 0.0393. The first-order chi connectivity index (χ1) is 21.0. The second-order valence-electron chi connectivity index (χ2n) is 10.6. The molecule has 4 fully saturated rings. The highest BCUT2D eigenvalue weighted by Gasteiger charge is 2.72. The van der Waals surface area contributed by atoms with E-state index in [2.05, 4.69) is 34.6 Å². The van der Waals surface area contributed by atoms with Gasteiger partial charge >= 0.3 is 7.82 Å². The molecule has 0 saturated carbocycles. The summed E-state index contributed by atoms with van der Waals surface area (Å²) in [4.78, 5) is 34.9. The monoisotopic (exact) mass is 655 g/mol. The summed E-state index contributed by atoms with van der Waals surface area (Å²) in [6, 6.07) is 0. The first-order valence-electron chi connectivity index (χ1n) is 13.1. The van der Waals surface area contributed by atoms with E-state index in [-0.39, 0.29) is 40.6 Å². The highest BCUT2D eigenvalue weighted by molar-refractivity contribution is 7.91. The summed E-state index contributed by atoms with van der Waals surface area (Å²) in [5.74, 6) is 0.134. The van der Waals surface area contributed by atoms with E-state index < -0.39 is 78.8 Å². The number of aromatic nitrogens is 8. The average molecular weight is 656 g/mol. The predicted octanol–water partition coefficient (Wildman–Crippen LogP) is -1.46. The standard InChI is InChI=1S/C21H23FN11O9PS/c22-10-13-8(40-19(10)32-6-29-11-15(23)25-4-27-17(11)32)1-31-44(36,37)21-3-38-14(21)20(41-9(21)2-39-43(34,35)42-13)33-7-30-12-16(24)26-5-28-18(12)33/h4-10,13-14,19-20,31H,1-3H2,(H,34,35)(H2,23,25,27)(H2,24,26,28)/t8-,9?,10-,13-,14+,19-,20-,21?/m1/s1. The molecule has 20 nitrogen and oxygen atoms in total. The molecule has 6 N–H and O–H groups in total. The number of phosphoric ester groups is 1. The fourth-order valence-corrected chi connectivity index (χ4v) is 8.87. The van der Waals surface area contributed by atoms with Crippen molar-refractivity contribution in [3.63, 3.8) is 0 Å². The molecular formula is C21H23FN11O9PS. The van der Waals surface area contributed by atoms with E-state index in [0.717, 1.165) is 6.33 Å². The maximum atomic E-state index is 15.9. The Labute approximate surface area is 245 Å². The molecule has 9 atom stereocenters. The Morgan fingerprint density at radius 2 is 1.64 bits per heavy atom. The van der Waals surface area contributed by atoms with Crippen LogP contribution in [-0.2, 0) is 37.8 Å². The number of anilines is 2. The molecule has 0 aliphatic carbocycles. The Hall–Kier alpha value is -3.47. The Kier molecular flexibility index (Phi) is 6.06. The molecular weight excluding hydrogens is 632 g/mol. The fraction of sp³-hybridized carbons (Fsp3) is 0.524. The smallest absolute Gasteiger partial charge is 0.382 e. The van der Waals surface area contributed by atoms with Gasteiger partial charge in [-0.15, -0.1) is 0 Å². The quantitative estimate of drug-likeness (QED) is 0.180. The first kappa shape index (κ1) is 28.0. The van der Waals surface area contributed by atoms with Crippen LogP contribution < -0.4 is 16.2 Å². The lowest BCUT2D eigenvalue weighted by Crippen LogP contribution is -2.70. The number of nitrogen functional groups attached to an aromatic ring is 2. The van der Waals surface area contributed by atoms with Gasteiger partial charge in [0.25, 0.3) is 0 Å². The topological polar surface area (TPSA) is 269 Å². The Morgan fingerprint density at radius 3 is 2.25 bits per heavy atom. The number of fused-ring (bicyclic) bond motifs is 3. The van der Waals surface area contributed by atoms with Crippen LogP contribution in [0.1, 0.15) is 12.5 Å². The summed E-state index contributed by atoms with van der Waals surface area (Å²) in [5, 5.41) is 0. The van der Waals surface area contributed by atoms with E-state index in [4.69, 9.17) is 34.7 Å². The van der Waals surface area contributed by atoms with Gasteiger partial charge in [0.1, 0.15) is 48.1 Å². The normalized spacial score (nSPS) is 38.5. The Morgan fingerprint density at radius 1 is 1.00 bits per heavy atom. The summed E-state index contributed by atoms with van der Waals surface area (Å²) in [6.07, 6.45) is -5.36. The van der Waals surface area contributed by atoms with Gasteiger partial charge in [0.2, 0.25) is 10.0 Å². The molecule has 4 aromatic heterocycles. The lowest BCUT2D eigenvalue weighted by atomic mass is 9.93. The van der Waals surface area contributed by atoms with Crippen LogP contribution in [0.3, 0.4) is 0 Å². The van der Waals surface area contributed by atoms with Gasteiger partial charge in [0.15, 0.2) is 46.3 Å². The van der Waals surface area contributed by atoms with Crippen molar-refractivity contribution in [2.24, 2.45) is 0 Å². The van der Waals surface area contributed by atoms with Crippen molar-refractivity contribution < 1.29 is 45.5 Å². The molecule has 234 valence electrons. The average Bonchev–Trinajstić information content (AvgIpc) is 3.70. The number of ether oxygens (including phenoxy) is 3. The summed E-state index contributed by atoms with van der Waals surface area (Å²) in [6.45, 7) is -1.61. The maximum absolute atomic E-state index is 15.9. The molecule has 4 saturated heterocycles. The van der Waals surface area contributed by atoms with Crippen molar-refractivity contribution in [3.8, 4) is 0 Å². The second kappa shape index (κ2) is 9.52. The van der Waals surface area contributed by atoms with E-state index in [1.54, 1.807) is 0 Å². The van der Waals surface area contributed by atoms with E-state index in [1.165, 1.54) is 28.1 Å². The summed E-state index contributed by atoms with van der Waals surface area (Å²) < 4.78 is 88.6. The van der Waals surface area contributed by atoms with E-state index >= 15 is 4.39 Å². The number of nitrogens with two attached hydrogens (primary N) is 2. The summed E-state index contributed by atoms with van der Waals surface area (Å²) >= 11 is 0. The number of imidazole rings is 2. The molecule has 1 spiro atoms. The Balaban J connectivity index is 1.14. The van der Waals surface area contributed by atoms with E-state index in [0.29, 0.717) is 0 Å². The van der Waals surface area contributed by atoms with E-state index in [1.807, 2.05) is 0 Å². The minimum Gasteiger partial charge on any atom is -0.382 e. The van der Waals surface area contributed by atoms with Crippen molar-refractivity contribution in [2.75, 3.05) is 31.2 Å². The van der Waals surface area contributed by atoms with Crippen molar-refractivity contribution in [1.29, 1.82) is 0 Å². The van der Waals surface area contributed by atoms with Gasteiger partial charge in [-0.3, -0.25) is 18.2 Å². The summed E-state index contributed by atoms with van der Waals surface area (Å²) in [7, 11) is -9.41. The highest BCUT2D eigenvalue weighted by Crippen LogP contribution is 2.55. The van der Waals surface area contributed by atoms with Crippen LogP contribution in [0.4, 0.5) is 16.0 Å². The molecule has 8 rings (SSSR count). The minimum atomic E-state index is -5.02. The van der Waals surface area contributed by atoms with Crippen LogP contribution in [0.5, 0.6) is 0 Å². The number of nitrogens with zero attached hydrogens (tertiary/aromatic N) is 8. The molecule has 44 heavy (non-hydrogen) atoms. The number of halogens is 1. The zero-order chi connectivity index (χ0) is 30.6. The summed E-state index contributed by atoms with van der Waals surface area (Å²) in [5.41, 5.74) is 12.5. The number of phosphoric acid groups is 1. The third-order valence-electron chi connectivity index (χ3n) is 8.29. The zero-order valence-corrected chi connectivity index (χ0v) is 23.9. The van der Waals surface area contributed by atoms with Gasteiger partial charge in [-0.1, -0.05) is 0 Å². The number of alkyl halides is 1. The molecule has 8 heterocycles. The van der Waals surface area contributed by atoms with Gasteiger partial charge in [-0.25, -0.2) is 52.0 Å². The molecule has 0 aromatic carbocycles. The van der Waals surface area contributed by atoms with Crippen LogP contribution in [-0.4, -0.2) is 107 Å². The predicted molar refractivity (Wildman–Crippen MR) is 142 cm³/mol. The van der Waals surface area contributed by atoms with Gasteiger partial charge in [-0.2, -0.15) is 0 Å². The van der Waals surface area contributed by atoms with Crippen LogP contribution in [0.2, 0.25) is 0 Å². The number of sulfonamides is 1. The number of hydrogen-bond acceptors (Lipinski definition) is 16. The molecule has 3 unspecified atom stereocenters. The van der Waals surface area contributed by atoms with Crippen molar-refractivity contribution in [3.05, 3.63) is 25.3 Å². The van der Waals surface area contributed by atoms with Crippen LogP contribution in [0.15, 0.2) is 25.3 Å². The lowest BCUT2D eigenvalue weighted by Gasteiger charge is -2.45. The third kappa shape index (κ3) is 3.86. The van der Waals surface area contributed by atoms with Gasteiger partial charge < -0.3 is 30.6 Å². The zero-order valence-electron chi connectivity index (χ0n) is 22.2. The molecule has 4 aliphatic rings. The van der Waals surface area contributed by atoms with Crippen molar-refractivity contribution in [2.45, 2.75) is 47.8 Å². The third-order valence-corrected chi connectivity index (χ3v) is 11.4. The van der Waals surface area contributed by atoms with Crippen LogP contribution in [0.25, 0.3) is 22.3 Å². The molecule has 0 radical (unpaired) electrons. The van der Waals surface area contributed by atoms with E-state index in [9.17, 15) is 17.9 Å². The van der Waals surface area contributed by atoms with Crippen molar-refractivity contribution in [1.82, 2.24) is 43.8 Å². The Bertz CT molecular complexity index is 1960. The SMILES string of the molecule is Nc1ncnc2c1ncn2[C@@H]1O[C@@H]2CNS(=O)(=O)C34CO[C@H]3[C@H](n3cnc5c(N)ncnc53)OC4COP(=O)(O)O[C@H]2[C@H]1F. The maximum Gasteiger partial charge on any atom is 0.472 e. The first-order valence-corrected chi connectivity index (χ1v) is 16.1. The van der Waals surface area contributed by atoms with Gasteiger partial charge in [-0.05, 0) is 0 Å². The van der Waals surface area contributed by atoms with Crippen LogP contribution >= 0.6 is 7.82 Å². The van der Waals surface area contributed by atoms with Gasteiger partial charge in [0, 0.05) is 6.54 Å². The molecule has 0 amide bonds. The molecule has 23 heteroatoms. The lowest BCUT2D eigenvalue weighted by molar-refractivity contribution is -0.110. The number of hydrogen-bond donors (Lipinski definition) is 4.